The van der Waals surface area contributed by atoms with Gasteiger partial charge in [0.1, 0.15) is 22.6 Å². The average Bonchev–Trinajstić information content (AvgIpc) is 3.21. The number of nitrogen functional groups attached to an aromatic ring is 1. The molecule has 0 spiro atoms. The first-order chi connectivity index (χ1) is 15.4. The summed E-state index contributed by atoms with van der Waals surface area (Å²) in [6, 6.07) is 13.0. The summed E-state index contributed by atoms with van der Waals surface area (Å²) in [6.45, 7) is 2.37. The highest BCUT2D eigenvalue weighted by molar-refractivity contribution is 7.14. The lowest BCUT2D eigenvalue weighted by Crippen LogP contribution is -2.41. The normalized spacial score (nSPS) is 10.5. The van der Waals surface area contributed by atoms with Crippen LogP contribution in [0.3, 0.4) is 0 Å². The number of amides is 1. The van der Waals surface area contributed by atoms with Crippen molar-refractivity contribution >= 4 is 33.8 Å². The molecule has 0 atom stereocenters. The quantitative estimate of drug-likeness (QED) is 0.456. The van der Waals surface area contributed by atoms with Gasteiger partial charge >= 0.3 is 5.69 Å². The van der Waals surface area contributed by atoms with E-state index in [4.69, 9.17) is 5.73 Å². The maximum Gasteiger partial charge on any atom is 0.330 e. The number of nitriles is 1. The Kier molecular flexibility index (Phi) is 7.46. The zero-order valence-corrected chi connectivity index (χ0v) is 18.4. The Labute approximate surface area is 188 Å². The molecular weight excluding hydrogens is 428 g/mol. The highest BCUT2D eigenvalue weighted by Gasteiger charge is 2.22. The van der Waals surface area contributed by atoms with Gasteiger partial charge in [-0.25, -0.2) is 4.79 Å². The molecule has 10 heteroatoms. The molecule has 4 N–H and O–H groups in total. The zero-order valence-electron chi connectivity index (χ0n) is 17.6. The van der Waals surface area contributed by atoms with Crippen LogP contribution in [0.4, 0.5) is 16.5 Å². The Bertz CT molecular complexity index is 1240. The smallest absolute Gasteiger partial charge is 0.330 e. The monoisotopic (exact) mass is 452 g/mol. The minimum atomic E-state index is -0.655. The second-order valence-electron chi connectivity index (χ2n) is 7.16. The van der Waals surface area contributed by atoms with Crippen LogP contribution in [0.2, 0.25) is 0 Å². The van der Waals surface area contributed by atoms with Crippen LogP contribution in [-0.4, -0.2) is 22.0 Å². The number of benzene rings is 1. The van der Waals surface area contributed by atoms with Gasteiger partial charge in [-0.2, -0.15) is 5.26 Å². The molecule has 0 aliphatic carbocycles. The molecule has 1 aromatic carbocycles. The second-order valence-corrected chi connectivity index (χ2v) is 8.08. The Hall–Kier alpha value is -3.84. The van der Waals surface area contributed by atoms with Crippen LogP contribution in [0.25, 0.3) is 0 Å². The summed E-state index contributed by atoms with van der Waals surface area (Å²) in [5.41, 5.74) is 6.32. The lowest BCUT2D eigenvalue weighted by Gasteiger charge is -2.26. The van der Waals surface area contributed by atoms with Gasteiger partial charge in [0, 0.05) is 13.1 Å². The van der Waals surface area contributed by atoms with Gasteiger partial charge in [-0.05, 0) is 23.4 Å². The predicted octanol–water partition coefficient (Wildman–Crippen LogP) is 2.50. The Morgan fingerprint density at radius 3 is 2.72 bits per heavy atom. The summed E-state index contributed by atoms with van der Waals surface area (Å²) in [4.78, 5) is 41.7. The van der Waals surface area contributed by atoms with Crippen molar-refractivity contribution in [2.24, 2.45) is 0 Å². The summed E-state index contributed by atoms with van der Waals surface area (Å²) in [7, 11) is 0. The van der Waals surface area contributed by atoms with Crippen molar-refractivity contribution in [2.75, 3.05) is 22.5 Å². The zero-order chi connectivity index (χ0) is 23.1. The maximum atomic E-state index is 12.8. The number of H-pyrrole nitrogens is 1. The van der Waals surface area contributed by atoms with Crippen LogP contribution in [-0.2, 0) is 17.9 Å². The number of nitrogens with one attached hydrogen (secondary N) is 2. The number of rotatable bonds is 9. The first-order valence-electron chi connectivity index (χ1n) is 10.1. The third kappa shape index (κ3) is 5.25. The summed E-state index contributed by atoms with van der Waals surface area (Å²) < 4.78 is 1.32. The lowest BCUT2D eigenvalue weighted by molar-refractivity contribution is -0.115. The van der Waals surface area contributed by atoms with Crippen molar-refractivity contribution in [1.29, 1.82) is 5.26 Å². The van der Waals surface area contributed by atoms with Crippen LogP contribution in [0, 0.1) is 11.3 Å². The standard InChI is InChI=1S/C22H24N6O3S/c1-2-3-10-28-19(24)18(20(30)26-22(28)31)27(13-15-7-5-4-6-8-15)14-17(29)25-21-16(12-23)9-11-32-21/h4-9,11H,2-3,10,13-14,24H2,1H3,(H,25,29)(H,26,30,31). The van der Waals surface area contributed by atoms with Gasteiger partial charge in [-0.3, -0.25) is 19.1 Å². The second kappa shape index (κ2) is 10.5. The van der Waals surface area contributed by atoms with Gasteiger partial charge in [-0.15, -0.1) is 11.3 Å². The van der Waals surface area contributed by atoms with Crippen molar-refractivity contribution in [3.8, 4) is 6.07 Å². The fourth-order valence-corrected chi connectivity index (χ4v) is 4.03. The van der Waals surface area contributed by atoms with Crippen molar-refractivity contribution in [1.82, 2.24) is 9.55 Å². The van der Waals surface area contributed by atoms with Crippen molar-refractivity contribution in [3.05, 3.63) is 73.7 Å². The number of carbonyl (C=O) groups excluding carboxylic acids is 1. The van der Waals surface area contributed by atoms with Crippen molar-refractivity contribution in [3.63, 3.8) is 0 Å². The Balaban J connectivity index is 1.98. The summed E-state index contributed by atoms with van der Waals surface area (Å²) in [5, 5.41) is 14.0. The van der Waals surface area contributed by atoms with E-state index in [0.29, 0.717) is 23.5 Å². The summed E-state index contributed by atoms with van der Waals surface area (Å²) >= 11 is 1.24. The van der Waals surface area contributed by atoms with Gasteiger partial charge in [0.05, 0.1) is 12.1 Å². The van der Waals surface area contributed by atoms with E-state index in [9.17, 15) is 19.6 Å². The number of unbranched alkanes of at least 4 members (excludes halogenated alkanes) is 1. The molecule has 2 aromatic heterocycles. The van der Waals surface area contributed by atoms with Gasteiger partial charge in [0.2, 0.25) is 5.91 Å². The highest BCUT2D eigenvalue weighted by atomic mass is 32.1. The molecule has 1 amide bonds. The molecule has 9 nitrogen and oxygen atoms in total. The van der Waals surface area contributed by atoms with Crippen LogP contribution in [0.15, 0.2) is 51.4 Å². The summed E-state index contributed by atoms with van der Waals surface area (Å²) in [6.07, 6.45) is 1.56. The number of aromatic amines is 1. The fraction of sp³-hybridized carbons (Fsp3) is 0.273. The number of carbonyl (C=O) groups is 1. The number of hydrogen-bond acceptors (Lipinski definition) is 7. The molecular formula is C22H24N6O3S. The van der Waals surface area contributed by atoms with Crippen molar-refractivity contribution < 1.29 is 4.79 Å². The minimum Gasteiger partial charge on any atom is -0.383 e. The molecule has 2 heterocycles. The van der Waals surface area contributed by atoms with Gasteiger partial charge < -0.3 is 16.0 Å². The molecule has 0 bridgehead atoms. The van der Waals surface area contributed by atoms with Crippen LogP contribution < -0.4 is 27.2 Å². The number of thiophene rings is 1. The predicted molar refractivity (Wildman–Crippen MR) is 126 cm³/mol. The average molecular weight is 453 g/mol. The first kappa shape index (κ1) is 22.8. The fourth-order valence-electron chi connectivity index (χ4n) is 3.27. The topological polar surface area (TPSA) is 137 Å². The molecule has 0 aliphatic heterocycles. The molecule has 0 unspecified atom stereocenters. The Morgan fingerprint density at radius 2 is 2.03 bits per heavy atom. The van der Waals surface area contributed by atoms with Crippen LogP contribution in [0.5, 0.6) is 0 Å². The van der Waals surface area contributed by atoms with Crippen LogP contribution in [0.1, 0.15) is 30.9 Å². The van der Waals surface area contributed by atoms with E-state index >= 15 is 0 Å². The SMILES string of the molecule is CCCCn1c(N)c(N(CC(=O)Nc2sccc2C#N)Cc2ccccc2)c(=O)[nH]c1=O. The third-order valence-corrected chi connectivity index (χ3v) is 5.68. The molecule has 3 aromatic rings. The van der Waals surface area contributed by atoms with Crippen molar-refractivity contribution in [2.45, 2.75) is 32.9 Å². The van der Waals surface area contributed by atoms with E-state index < -0.39 is 17.2 Å². The molecule has 3 rings (SSSR count). The van der Waals surface area contributed by atoms with Gasteiger partial charge in [0.25, 0.3) is 5.56 Å². The van der Waals surface area contributed by atoms with Gasteiger partial charge in [-0.1, -0.05) is 43.7 Å². The highest BCUT2D eigenvalue weighted by Crippen LogP contribution is 2.23. The number of nitrogens with two attached hydrogens (primary N) is 1. The maximum absolute atomic E-state index is 12.8. The van der Waals surface area contributed by atoms with Gasteiger partial charge in [0.15, 0.2) is 0 Å². The van der Waals surface area contributed by atoms with E-state index in [2.05, 4.69) is 10.3 Å². The number of aromatic nitrogens is 2. The largest absolute Gasteiger partial charge is 0.383 e. The molecule has 0 radical (unpaired) electrons. The number of nitrogens with zero attached hydrogens (tertiary/aromatic N) is 3. The minimum absolute atomic E-state index is 0.0183. The molecule has 0 fully saturated rings. The van der Waals surface area contributed by atoms with E-state index in [1.807, 2.05) is 43.3 Å². The molecule has 0 aliphatic rings. The van der Waals surface area contributed by atoms with E-state index in [1.165, 1.54) is 15.9 Å². The summed E-state index contributed by atoms with van der Waals surface area (Å²) in [5.74, 6) is -0.394. The molecule has 166 valence electrons. The van der Waals surface area contributed by atoms with E-state index in [-0.39, 0.29) is 24.6 Å². The first-order valence-corrected chi connectivity index (χ1v) is 11.0. The molecule has 0 saturated heterocycles. The number of anilines is 3. The Morgan fingerprint density at radius 1 is 1.28 bits per heavy atom. The molecule has 32 heavy (non-hydrogen) atoms. The van der Waals surface area contributed by atoms with Crippen LogP contribution >= 0.6 is 11.3 Å². The lowest BCUT2D eigenvalue weighted by atomic mass is 10.2. The number of hydrogen-bond donors (Lipinski definition) is 3. The third-order valence-electron chi connectivity index (χ3n) is 4.85. The van der Waals surface area contributed by atoms with E-state index in [1.54, 1.807) is 16.3 Å². The van der Waals surface area contributed by atoms with E-state index in [0.717, 1.165) is 12.0 Å². The molecule has 0 saturated carbocycles.